The van der Waals surface area contributed by atoms with E-state index in [-0.39, 0.29) is 30.2 Å². The van der Waals surface area contributed by atoms with Gasteiger partial charge in [0.05, 0.1) is 17.1 Å². The Balaban J connectivity index is 1.45. The minimum absolute atomic E-state index is 0.0795. The van der Waals surface area contributed by atoms with Crippen molar-refractivity contribution in [2.45, 2.75) is 62.7 Å². The van der Waals surface area contributed by atoms with Gasteiger partial charge in [-0.3, -0.25) is 14.5 Å². The molecule has 4 rings (SSSR count). The molecule has 0 spiro atoms. The molecule has 210 valence electrons. The first-order chi connectivity index (χ1) is 18.5. The Morgan fingerprint density at radius 1 is 1.08 bits per heavy atom. The van der Waals surface area contributed by atoms with Crippen LogP contribution in [0.3, 0.4) is 0 Å². The summed E-state index contributed by atoms with van der Waals surface area (Å²) in [6.07, 6.45) is 1.24. The Hall–Kier alpha value is -3.35. The molecule has 2 saturated heterocycles. The standard InChI is InChI=1S/C27H33FN4O6S/c1-4-5-14-27(20-6-8-21(28)9-7-20)25(34)32(26(35)30-27)17-24(33)29-22-10-12-23(13-11-22)39(36,37)31-15-18(2)38-19(3)16-31/h6-13,18-19H,4-5,14-17H2,1-3H3,(H,29,33)(H,30,35)/t18-,19+,27-/m0/s1. The van der Waals surface area contributed by atoms with Crippen LogP contribution in [0.15, 0.2) is 53.4 Å². The molecule has 39 heavy (non-hydrogen) atoms. The first kappa shape index (κ1) is 28.7. The number of amides is 4. The molecule has 0 saturated carbocycles. The fourth-order valence-corrected chi connectivity index (χ4v) is 6.58. The number of urea groups is 1. The van der Waals surface area contributed by atoms with E-state index < -0.39 is 45.8 Å². The lowest BCUT2D eigenvalue weighted by Crippen LogP contribution is -2.48. The molecule has 0 bridgehead atoms. The van der Waals surface area contributed by atoms with E-state index in [2.05, 4.69) is 10.6 Å². The molecule has 2 fully saturated rings. The molecule has 0 radical (unpaired) electrons. The van der Waals surface area contributed by atoms with Crippen molar-refractivity contribution in [1.82, 2.24) is 14.5 Å². The highest BCUT2D eigenvalue weighted by Gasteiger charge is 2.52. The van der Waals surface area contributed by atoms with Crippen LogP contribution in [0.1, 0.15) is 45.6 Å². The number of anilines is 1. The van der Waals surface area contributed by atoms with Crippen LogP contribution in [0.4, 0.5) is 14.9 Å². The molecule has 2 N–H and O–H groups in total. The van der Waals surface area contributed by atoms with Crippen LogP contribution in [0, 0.1) is 5.82 Å². The van der Waals surface area contributed by atoms with Crippen molar-refractivity contribution in [3.8, 4) is 0 Å². The first-order valence-corrected chi connectivity index (χ1v) is 14.4. The SMILES string of the molecule is CCCC[C@@]1(c2ccc(F)cc2)NC(=O)N(CC(=O)Nc2ccc(S(=O)(=O)N3C[C@@H](C)O[C@@H](C)C3)cc2)C1=O. The monoisotopic (exact) mass is 560 g/mol. The number of hydrogen-bond donors (Lipinski definition) is 2. The van der Waals surface area contributed by atoms with Crippen LogP contribution in [0.5, 0.6) is 0 Å². The van der Waals surface area contributed by atoms with E-state index >= 15 is 0 Å². The van der Waals surface area contributed by atoms with Crippen LogP contribution >= 0.6 is 0 Å². The molecule has 0 aliphatic carbocycles. The smallest absolute Gasteiger partial charge is 0.325 e. The highest BCUT2D eigenvalue weighted by atomic mass is 32.2. The summed E-state index contributed by atoms with van der Waals surface area (Å²) in [5.41, 5.74) is -0.629. The zero-order valence-corrected chi connectivity index (χ0v) is 23.0. The van der Waals surface area contributed by atoms with E-state index in [0.717, 1.165) is 11.3 Å². The number of unbranched alkanes of at least 4 members (excludes halogenated alkanes) is 1. The number of carbonyl (C=O) groups is 3. The number of carbonyl (C=O) groups excluding carboxylic acids is 3. The fourth-order valence-electron chi connectivity index (χ4n) is 4.99. The van der Waals surface area contributed by atoms with Gasteiger partial charge in [0.2, 0.25) is 15.9 Å². The topological polar surface area (TPSA) is 125 Å². The summed E-state index contributed by atoms with van der Waals surface area (Å²) in [5.74, 6) is -1.68. The Kier molecular flexibility index (Phi) is 8.38. The summed E-state index contributed by atoms with van der Waals surface area (Å²) in [7, 11) is -3.74. The zero-order valence-electron chi connectivity index (χ0n) is 22.1. The summed E-state index contributed by atoms with van der Waals surface area (Å²) >= 11 is 0. The normalized spacial score (nSPS) is 24.1. The van der Waals surface area contributed by atoms with Gasteiger partial charge in [-0.15, -0.1) is 0 Å². The minimum Gasteiger partial charge on any atom is -0.373 e. The number of imide groups is 1. The van der Waals surface area contributed by atoms with Gasteiger partial charge < -0.3 is 15.4 Å². The number of hydrogen-bond acceptors (Lipinski definition) is 6. The number of ether oxygens (including phenoxy) is 1. The molecule has 4 amide bonds. The van der Waals surface area contributed by atoms with Gasteiger partial charge in [-0.05, 0) is 62.2 Å². The quantitative estimate of drug-likeness (QED) is 0.454. The average Bonchev–Trinajstić information content (AvgIpc) is 3.12. The predicted octanol–water partition coefficient (Wildman–Crippen LogP) is 3.20. The van der Waals surface area contributed by atoms with Crippen molar-refractivity contribution in [3.63, 3.8) is 0 Å². The van der Waals surface area contributed by atoms with Crippen LogP contribution in [-0.2, 0) is 29.9 Å². The molecular formula is C27H33FN4O6S. The number of nitrogens with one attached hydrogen (secondary N) is 2. The Morgan fingerprint density at radius 2 is 1.69 bits per heavy atom. The van der Waals surface area contributed by atoms with E-state index in [1.165, 1.54) is 52.8 Å². The fraction of sp³-hybridized carbons (Fsp3) is 0.444. The van der Waals surface area contributed by atoms with Crippen LogP contribution in [-0.4, -0.2) is 67.3 Å². The maximum atomic E-state index is 13.5. The second-order valence-corrected chi connectivity index (χ2v) is 11.9. The lowest BCUT2D eigenvalue weighted by Gasteiger charge is -2.34. The third kappa shape index (κ3) is 5.97. The number of rotatable bonds is 9. The molecule has 2 aliphatic heterocycles. The van der Waals surface area contributed by atoms with Crippen LogP contribution in [0.25, 0.3) is 0 Å². The molecule has 2 aliphatic rings. The summed E-state index contributed by atoms with van der Waals surface area (Å²) in [5, 5.41) is 5.33. The van der Waals surface area contributed by atoms with Crippen molar-refractivity contribution >= 4 is 33.6 Å². The van der Waals surface area contributed by atoms with E-state index in [4.69, 9.17) is 4.74 Å². The molecule has 2 aromatic carbocycles. The summed E-state index contributed by atoms with van der Waals surface area (Å²) in [6, 6.07) is 10.3. The number of nitrogens with zero attached hydrogens (tertiary/aromatic N) is 2. The maximum absolute atomic E-state index is 13.5. The van der Waals surface area contributed by atoms with Crippen LogP contribution < -0.4 is 10.6 Å². The Morgan fingerprint density at radius 3 is 2.28 bits per heavy atom. The summed E-state index contributed by atoms with van der Waals surface area (Å²) < 4.78 is 46.6. The molecule has 0 aromatic heterocycles. The van der Waals surface area contributed by atoms with Gasteiger partial charge in [0.25, 0.3) is 5.91 Å². The third-order valence-corrected chi connectivity index (χ3v) is 8.73. The van der Waals surface area contributed by atoms with Gasteiger partial charge in [0.1, 0.15) is 17.9 Å². The van der Waals surface area contributed by atoms with E-state index in [1.807, 2.05) is 20.8 Å². The molecule has 3 atom stereocenters. The van der Waals surface area contributed by atoms with E-state index in [9.17, 15) is 27.2 Å². The second-order valence-electron chi connectivity index (χ2n) is 9.99. The molecule has 0 unspecified atom stereocenters. The Bertz CT molecular complexity index is 1330. The van der Waals surface area contributed by atoms with Gasteiger partial charge in [-0.2, -0.15) is 4.31 Å². The summed E-state index contributed by atoms with van der Waals surface area (Å²) in [4.78, 5) is 40.0. The van der Waals surface area contributed by atoms with Crippen molar-refractivity contribution in [3.05, 3.63) is 59.9 Å². The molecule has 12 heteroatoms. The third-order valence-electron chi connectivity index (χ3n) is 6.88. The van der Waals surface area contributed by atoms with Crippen LogP contribution in [0.2, 0.25) is 0 Å². The average molecular weight is 561 g/mol. The van der Waals surface area contributed by atoms with Gasteiger partial charge in [0, 0.05) is 18.8 Å². The lowest BCUT2D eigenvalue weighted by atomic mass is 9.85. The van der Waals surface area contributed by atoms with Gasteiger partial charge in [-0.25, -0.2) is 17.6 Å². The van der Waals surface area contributed by atoms with E-state index in [0.29, 0.717) is 24.1 Å². The predicted molar refractivity (Wildman–Crippen MR) is 142 cm³/mol. The molecule has 2 heterocycles. The molecule has 10 nitrogen and oxygen atoms in total. The molecular weight excluding hydrogens is 527 g/mol. The summed E-state index contributed by atoms with van der Waals surface area (Å²) in [6.45, 7) is 5.53. The Labute approximate surface area is 227 Å². The lowest BCUT2D eigenvalue weighted by molar-refractivity contribution is -0.134. The maximum Gasteiger partial charge on any atom is 0.325 e. The molecule has 2 aromatic rings. The highest BCUT2D eigenvalue weighted by Crippen LogP contribution is 2.34. The van der Waals surface area contributed by atoms with E-state index in [1.54, 1.807) is 0 Å². The van der Waals surface area contributed by atoms with Crippen molar-refractivity contribution in [1.29, 1.82) is 0 Å². The number of sulfonamides is 1. The van der Waals surface area contributed by atoms with Gasteiger partial charge >= 0.3 is 6.03 Å². The zero-order chi connectivity index (χ0) is 28.4. The number of benzene rings is 2. The first-order valence-electron chi connectivity index (χ1n) is 12.9. The van der Waals surface area contributed by atoms with Crippen molar-refractivity contribution in [2.24, 2.45) is 0 Å². The van der Waals surface area contributed by atoms with Crippen molar-refractivity contribution in [2.75, 3.05) is 25.0 Å². The van der Waals surface area contributed by atoms with Gasteiger partial charge in [-0.1, -0.05) is 31.9 Å². The number of morpholine rings is 1. The highest BCUT2D eigenvalue weighted by molar-refractivity contribution is 7.89. The minimum atomic E-state index is -3.74. The largest absolute Gasteiger partial charge is 0.373 e. The number of halogens is 1. The second kappa shape index (κ2) is 11.4. The van der Waals surface area contributed by atoms with Crippen molar-refractivity contribution < 1.29 is 31.9 Å². The van der Waals surface area contributed by atoms with Gasteiger partial charge in [0.15, 0.2) is 0 Å².